The zero-order chi connectivity index (χ0) is 75.2. The Morgan fingerprint density at radius 1 is 0.579 bits per heavy atom. The summed E-state index contributed by atoms with van der Waals surface area (Å²) in [6, 6.07) is 22.5. The van der Waals surface area contributed by atoms with Crippen LogP contribution in [0.4, 0.5) is 5.69 Å². The van der Waals surface area contributed by atoms with Crippen molar-refractivity contribution in [3.63, 3.8) is 0 Å². The third-order valence-electron chi connectivity index (χ3n) is 17.4. The van der Waals surface area contributed by atoms with Gasteiger partial charge in [-0.25, -0.2) is 14.8 Å². The standard InChI is InChI=1S/C73H100ClN12O18PS2/c1-52-53(2)107-73-68(52)69(56-15-17-58(74)18-16-56)78-61(72-81-79-54(3)86(72)73)49-66(90)77-25-31-96-37-42-100-41-35-95-30-24-76-64(88)21-27-92-33-39-98-45-47-101-43-36-94-29-23-75-63(87)19-20-67(91)84-50-57-11-4-5-12-59(57)70-71(60-13-6-7-14-62(60)84)85(83-80-70)26-32-97-38-44-102-48-46-99-40-34-93-28-22-65(89)82-104-105(106)103-51-55-9-8-10-55/h4-7,11-18,55,61,105H,8-10,19-51H2,1-3H3,(H,75,87)(H,76,88)(H,77,90)(H,82,89). The van der Waals surface area contributed by atoms with E-state index < -0.39 is 13.2 Å². The van der Waals surface area contributed by atoms with Crippen molar-refractivity contribution in [1.82, 2.24) is 51.2 Å². The smallest absolute Gasteiger partial charge is 0.246 e. The molecule has 584 valence electrons. The number of aliphatic imine (C=N–C) groups is 1. The number of hydrogen-bond acceptors (Lipinski definition) is 25. The minimum Gasteiger partial charge on any atom is -0.379 e. The molecule has 2 unspecified atom stereocenters. The first-order chi connectivity index (χ1) is 52.3. The van der Waals surface area contributed by atoms with E-state index in [2.05, 4.69) is 55.8 Å². The minimum atomic E-state index is -1.93. The Balaban J connectivity index is 0.526. The van der Waals surface area contributed by atoms with E-state index in [4.69, 9.17) is 89.7 Å². The second-order valence-corrected chi connectivity index (χ2v) is 28.7. The van der Waals surface area contributed by atoms with Crippen LogP contribution >= 0.6 is 30.1 Å². The maximum atomic E-state index is 14.1. The molecule has 0 radical (unpaired) electrons. The Labute approximate surface area is 638 Å². The topological polar surface area (TPSA) is 330 Å². The third kappa shape index (κ3) is 27.9. The molecule has 2 atom stereocenters. The molecule has 30 nitrogen and oxygen atoms in total. The van der Waals surface area contributed by atoms with E-state index in [1.807, 2.05) is 84.3 Å². The van der Waals surface area contributed by atoms with E-state index in [1.54, 1.807) is 20.9 Å². The third-order valence-corrected chi connectivity index (χ3v) is 20.1. The molecule has 5 amide bonds. The van der Waals surface area contributed by atoms with Gasteiger partial charge in [-0.05, 0) is 80.7 Å². The number of amides is 5. The van der Waals surface area contributed by atoms with Crippen LogP contribution in [-0.2, 0) is 110 Å². The number of ether oxygens (including phenoxy) is 11. The number of fused-ring (bicyclic) bond motifs is 8. The molecule has 5 heterocycles. The summed E-state index contributed by atoms with van der Waals surface area (Å²) in [5.74, 6) is 0.772. The van der Waals surface area contributed by atoms with Gasteiger partial charge in [0.1, 0.15) is 22.6 Å². The lowest BCUT2D eigenvalue weighted by Crippen LogP contribution is -2.34. The summed E-state index contributed by atoms with van der Waals surface area (Å²) in [5, 5.41) is 28.2. The summed E-state index contributed by atoms with van der Waals surface area (Å²) in [6.45, 7) is 15.6. The second kappa shape index (κ2) is 47.2. The van der Waals surface area contributed by atoms with Crippen LogP contribution in [-0.4, -0.2) is 237 Å². The SMILES string of the molecule is Cc1sc2c(c1C)C(c1ccc(Cl)cc1)=NC(CC(=O)NCCOCCOCCOCCNC(=O)CCOCCOCCOCCOCCNC(=O)CCC(=O)N1Cc3ccccc3-c3nnn(CCOCCOCCOCCOCCC(=O)NO[PH](=S)OCC4CCC4)c3-c3ccccc31)c1nnc(C)n1-2. The predicted octanol–water partition coefficient (Wildman–Crippen LogP) is 7.12. The van der Waals surface area contributed by atoms with E-state index in [1.165, 1.54) is 11.3 Å². The number of nitrogens with one attached hydrogen (secondary N) is 4. The number of rotatable bonds is 53. The maximum absolute atomic E-state index is 14.1. The fraction of sp³-hybridized carbons (Fsp3) is 0.562. The van der Waals surface area contributed by atoms with E-state index in [0.717, 1.165) is 68.5 Å². The summed E-state index contributed by atoms with van der Waals surface area (Å²) in [4.78, 5) is 72.7. The molecule has 1 saturated carbocycles. The first kappa shape index (κ1) is 84.1. The van der Waals surface area contributed by atoms with Crippen molar-refractivity contribution in [3.05, 3.63) is 117 Å². The summed E-state index contributed by atoms with van der Waals surface area (Å²) >= 11 is 13.1. The molecule has 3 aliphatic rings. The van der Waals surface area contributed by atoms with E-state index in [0.29, 0.717) is 180 Å². The van der Waals surface area contributed by atoms with Gasteiger partial charge in [0.25, 0.3) is 0 Å². The molecule has 0 saturated heterocycles. The number of aromatic nitrogens is 6. The van der Waals surface area contributed by atoms with Gasteiger partial charge >= 0.3 is 0 Å². The second-order valence-electron chi connectivity index (χ2n) is 25.0. The zero-order valence-electron chi connectivity index (χ0n) is 61.2. The summed E-state index contributed by atoms with van der Waals surface area (Å²) in [6.07, 6.45) is 3.92. The number of hydroxylamine groups is 1. The van der Waals surface area contributed by atoms with Crippen LogP contribution in [0.5, 0.6) is 0 Å². The molecule has 6 aromatic rings. The molecule has 1 fully saturated rings. The molecule has 9 rings (SSSR count). The maximum Gasteiger partial charge on any atom is 0.246 e. The van der Waals surface area contributed by atoms with Crippen molar-refractivity contribution in [3.8, 4) is 27.5 Å². The summed E-state index contributed by atoms with van der Waals surface area (Å²) in [7, 11) is -1.93. The quantitative estimate of drug-likeness (QED) is 0.0168. The number of benzene rings is 3. The van der Waals surface area contributed by atoms with Gasteiger partial charge in [0, 0.05) is 71.1 Å². The monoisotopic (exact) mass is 1560 g/mol. The minimum absolute atomic E-state index is 0.00643. The average molecular weight is 1560 g/mol. The first-order valence-corrected chi connectivity index (χ1v) is 40.0. The van der Waals surface area contributed by atoms with Crippen LogP contribution in [0, 0.1) is 26.7 Å². The number of thiophene rings is 1. The zero-order valence-corrected chi connectivity index (χ0v) is 64.5. The van der Waals surface area contributed by atoms with Crippen LogP contribution in [0.15, 0.2) is 77.8 Å². The Kier molecular flexibility index (Phi) is 37.1. The highest BCUT2D eigenvalue weighted by Crippen LogP contribution is 2.43. The number of para-hydroxylation sites is 1. The number of aryl methyl sites for hydroxylation is 2. The van der Waals surface area contributed by atoms with Crippen LogP contribution in [0.2, 0.25) is 5.02 Å². The lowest BCUT2D eigenvalue weighted by Gasteiger charge is -2.28. The van der Waals surface area contributed by atoms with E-state index in [-0.39, 0.29) is 94.6 Å². The fourth-order valence-electron chi connectivity index (χ4n) is 11.5. The van der Waals surface area contributed by atoms with E-state index in [9.17, 15) is 24.0 Å². The van der Waals surface area contributed by atoms with Crippen molar-refractivity contribution >= 4 is 82.8 Å². The lowest BCUT2D eigenvalue weighted by atomic mass is 9.86. The van der Waals surface area contributed by atoms with Gasteiger partial charge < -0.3 is 77.5 Å². The summed E-state index contributed by atoms with van der Waals surface area (Å²) in [5.41, 5.74) is 10.8. The highest BCUT2D eigenvalue weighted by Gasteiger charge is 2.34. The van der Waals surface area contributed by atoms with Crippen molar-refractivity contribution in [2.45, 2.75) is 91.3 Å². The Morgan fingerprint density at radius 3 is 1.69 bits per heavy atom. The van der Waals surface area contributed by atoms with Crippen LogP contribution < -0.4 is 26.3 Å². The highest BCUT2D eigenvalue weighted by atomic mass is 35.5. The van der Waals surface area contributed by atoms with Crippen molar-refractivity contribution in [2.24, 2.45) is 10.9 Å². The van der Waals surface area contributed by atoms with Crippen LogP contribution in [0.3, 0.4) is 0 Å². The predicted molar refractivity (Wildman–Crippen MR) is 405 cm³/mol. The number of hydrogen-bond donors (Lipinski definition) is 4. The van der Waals surface area contributed by atoms with E-state index >= 15 is 0 Å². The van der Waals surface area contributed by atoms with Crippen molar-refractivity contribution in [1.29, 1.82) is 0 Å². The van der Waals surface area contributed by atoms with Gasteiger partial charge in [-0.3, -0.25) is 33.5 Å². The van der Waals surface area contributed by atoms with Crippen LogP contribution in [0.25, 0.3) is 27.5 Å². The number of halogens is 1. The van der Waals surface area contributed by atoms with Crippen LogP contribution in [0.1, 0.15) is 96.2 Å². The Hall–Kier alpha value is -6.92. The lowest BCUT2D eigenvalue weighted by molar-refractivity contribution is -0.129. The molecule has 1 aliphatic carbocycles. The van der Waals surface area contributed by atoms with Gasteiger partial charge in [0.2, 0.25) is 36.7 Å². The molecule has 0 spiro atoms. The largest absolute Gasteiger partial charge is 0.379 e. The molecule has 3 aromatic carbocycles. The Bertz CT molecular complexity index is 3810. The van der Waals surface area contributed by atoms with Gasteiger partial charge in [-0.15, -0.1) is 26.6 Å². The molecule has 107 heavy (non-hydrogen) atoms. The molecular weight excluding hydrogens is 1460 g/mol. The molecule has 34 heteroatoms. The normalized spacial score (nSPS) is 14.1. The molecule has 3 aromatic heterocycles. The first-order valence-electron chi connectivity index (χ1n) is 36.4. The molecular formula is C73H100ClN12O18PS2. The van der Waals surface area contributed by atoms with Gasteiger partial charge in [-0.2, -0.15) is 0 Å². The summed E-state index contributed by atoms with van der Waals surface area (Å²) < 4.78 is 76.4. The van der Waals surface area contributed by atoms with Crippen molar-refractivity contribution < 1.29 is 85.2 Å². The highest BCUT2D eigenvalue weighted by molar-refractivity contribution is 8.00. The number of nitrogens with zero attached hydrogens (tertiary/aromatic N) is 8. The fourth-order valence-corrected chi connectivity index (χ4v) is 13.8. The average Bonchev–Trinajstić information content (AvgIpc) is 1.62. The molecule has 0 bridgehead atoms. The van der Waals surface area contributed by atoms with Gasteiger partial charge in [-0.1, -0.05) is 77.8 Å². The van der Waals surface area contributed by atoms with Gasteiger partial charge in [0.15, 0.2) is 5.82 Å². The molecule has 2 aliphatic heterocycles. The Morgan fingerprint density at radius 2 is 1.10 bits per heavy atom. The van der Waals surface area contributed by atoms with Gasteiger partial charge in [0.05, 0.1) is 195 Å². The number of carbonyl (C=O) groups is 5. The van der Waals surface area contributed by atoms with Crippen molar-refractivity contribution in [2.75, 3.05) is 176 Å². The number of anilines is 1. The molecule has 4 N–H and O–H groups in total. The number of carbonyl (C=O) groups excluding carboxylic acids is 5.